The quantitative estimate of drug-likeness (QED) is 0.411. The van der Waals surface area contributed by atoms with Gasteiger partial charge in [0.15, 0.2) is 12.2 Å². The van der Waals surface area contributed by atoms with Crippen molar-refractivity contribution in [3.05, 3.63) is 76.3 Å². The summed E-state index contributed by atoms with van der Waals surface area (Å²) in [6.45, 7) is 3.98. The minimum atomic E-state index is -0.238. The van der Waals surface area contributed by atoms with Crippen molar-refractivity contribution in [3.8, 4) is 17.2 Å². The number of benzene rings is 3. The van der Waals surface area contributed by atoms with Gasteiger partial charge in [0.05, 0.1) is 0 Å². The summed E-state index contributed by atoms with van der Waals surface area (Å²) in [7, 11) is 0. The monoisotopic (exact) mass is 450 g/mol. The van der Waals surface area contributed by atoms with Crippen molar-refractivity contribution in [1.29, 1.82) is 0 Å². The molecule has 1 aromatic heterocycles. The van der Waals surface area contributed by atoms with Gasteiger partial charge in [-0.3, -0.25) is 4.79 Å². The largest absolute Gasteiger partial charge is 0.484 e. The van der Waals surface area contributed by atoms with Gasteiger partial charge in [-0.2, -0.15) is 0 Å². The van der Waals surface area contributed by atoms with Gasteiger partial charge in [0.1, 0.15) is 11.3 Å². The summed E-state index contributed by atoms with van der Waals surface area (Å²) in [6, 6.07) is 18.9. The molecule has 0 saturated heterocycles. The van der Waals surface area contributed by atoms with Crippen LogP contribution in [0.15, 0.2) is 69.6 Å². The number of fused-ring (bicyclic) bond motifs is 1. The molecule has 0 aliphatic heterocycles. The van der Waals surface area contributed by atoms with Gasteiger partial charge in [-0.25, -0.2) is 4.98 Å². The number of nitrogens with one attached hydrogen (secondary N) is 1. The smallest absolute Gasteiger partial charge is 0.262 e. The fourth-order valence-electron chi connectivity index (χ4n) is 2.90. The highest BCUT2D eigenvalue weighted by molar-refractivity contribution is 9.10. The lowest BCUT2D eigenvalue weighted by Crippen LogP contribution is -2.20. The topological polar surface area (TPSA) is 64.4 Å². The van der Waals surface area contributed by atoms with E-state index in [-0.39, 0.29) is 12.5 Å². The predicted molar refractivity (Wildman–Crippen MR) is 117 cm³/mol. The van der Waals surface area contributed by atoms with Crippen molar-refractivity contribution in [2.45, 2.75) is 13.8 Å². The maximum absolute atomic E-state index is 12.3. The van der Waals surface area contributed by atoms with Crippen LogP contribution in [0.2, 0.25) is 0 Å². The van der Waals surface area contributed by atoms with Gasteiger partial charge in [-0.1, -0.05) is 28.1 Å². The third-order valence-corrected chi connectivity index (χ3v) is 5.08. The Morgan fingerprint density at radius 1 is 1.07 bits per heavy atom. The normalized spacial score (nSPS) is 10.9. The standard InChI is InChI=1S/C23H19BrN2O3/c1-14-6-8-19(10-15(14)2)28-13-22(27)25-18-7-9-21-20(12-18)26-23(29-21)16-4-3-5-17(24)11-16/h3-12H,13H2,1-2H3,(H,25,27). The molecule has 0 spiro atoms. The van der Waals surface area contributed by atoms with Crippen LogP contribution in [-0.2, 0) is 4.79 Å². The van der Waals surface area contributed by atoms with Crippen LogP contribution in [-0.4, -0.2) is 17.5 Å². The van der Waals surface area contributed by atoms with E-state index >= 15 is 0 Å². The number of ether oxygens (including phenoxy) is 1. The number of anilines is 1. The van der Waals surface area contributed by atoms with E-state index in [4.69, 9.17) is 9.15 Å². The number of rotatable bonds is 5. The first-order valence-corrected chi connectivity index (χ1v) is 9.94. The zero-order valence-corrected chi connectivity index (χ0v) is 17.6. The molecule has 5 nitrogen and oxygen atoms in total. The minimum absolute atomic E-state index is 0.0668. The summed E-state index contributed by atoms with van der Waals surface area (Å²) in [6.07, 6.45) is 0. The number of halogens is 1. The summed E-state index contributed by atoms with van der Waals surface area (Å²) >= 11 is 3.45. The lowest BCUT2D eigenvalue weighted by Gasteiger charge is -2.09. The Morgan fingerprint density at radius 2 is 1.93 bits per heavy atom. The van der Waals surface area contributed by atoms with Crippen molar-refractivity contribution in [1.82, 2.24) is 4.98 Å². The number of aromatic nitrogens is 1. The van der Waals surface area contributed by atoms with Crippen LogP contribution in [0, 0.1) is 13.8 Å². The molecule has 0 bridgehead atoms. The van der Waals surface area contributed by atoms with Crippen molar-refractivity contribution < 1.29 is 13.9 Å². The fraction of sp³-hybridized carbons (Fsp3) is 0.130. The molecule has 6 heteroatoms. The van der Waals surface area contributed by atoms with Crippen molar-refractivity contribution in [2.24, 2.45) is 0 Å². The average Bonchev–Trinajstić information content (AvgIpc) is 3.12. The van der Waals surface area contributed by atoms with E-state index in [0.717, 1.165) is 15.6 Å². The first-order valence-electron chi connectivity index (χ1n) is 9.14. The molecule has 4 rings (SSSR count). The highest BCUT2D eigenvalue weighted by atomic mass is 79.9. The molecule has 0 saturated carbocycles. The fourth-order valence-corrected chi connectivity index (χ4v) is 3.30. The predicted octanol–water partition coefficient (Wildman–Crippen LogP) is 5.89. The Labute approximate surface area is 176 Å². The number of amides is 1. The van der Waals surface area contributed by atoms with Crippen LogP contribution < -0.4 is 10.1 Å². The van der Waals surface area contributed by atoms with E-state index < -0.39 is 0 Å². The van der Waals surface area contributed by atoms with Gasteiger partial charge in [0, 0.05) is 15.7 Å². The minimum Gasteiger partial charge on any atom is -0.484 e. The number of hydrogen-bond donors (Lipinski definition) is 1. The number of carbonyl (C=O) groups excluding carboxylic acids is 1. The second-order valence-electron chi connectivity index (χ2n) is 6.79. The number of hydrogen-bond acceptors (Lipinski definition) is 4. The molecule has 0 aliphatic carbocycles. The van der Waals surface area contributed by atoms with Gasteiger partial charge in [-0.05, 0) is 73.5 Å². The number of carbonyl (C=O) groups is 1. The molecule has 0 radical (unpaired) electrons. The first kappa shape index (κ1) is 19.2. The second kappa shape index (κ2) is 8.09. The van der Waals surface area contributed by atoms with Gasteiger partial charge >= 0.3 is 0 Å². The van der Waals surface area contributed by atoms with E-state index in [0.29, 0.717) is 28.4 Å². The molecule has 4 aromatic rings. The Kier molecular flexibility index (Phi) is 5.36. The van der Waals surface area contributed by atoms with E-state index in [9.17, 15) is 4.79 Å². The molecule has 146 valence electrons. The lowest BCUT2D eigenvalue weighted by molar-refractivity contribution is -0.118. The first-order chi connectivity index (χ1) is 14.0. The van der Waals surface area contributed by atoms with E-state index in [2.05, 4.69) is 26.2 Å². The average molecular weight is 451 g/mol. The molecule has 1 heterocycles. The lowest BCUT2D eigenvalue weighted by atomic mass is 10.1. The van der Waals surface area contributed by atoms with Crippen LogP contribution in [0.25, 0.3) is 22.6 Å². The van der Waals surface area contributed by atoms with Crippen molar-refractivity contribution >= 4 is 38.6 Å². The van der Waals surface area contributed by atoms with E-state index in [1.807, 2.05) is 56.3 Å². The summed E-state index contributed by atoms with van der Waals surface area (Å²) < 4.78 is 12.4. The third kappa shape index (κ3) is 4.49. The van der Waals surface area contributed by atoms with Crippen LogP contribution in [0.1, 0.15) is 11.1 Å². The van der Waals surface area contributed by atoms with Crippen molar-refractivity contribution in [2.75, 3.05) is 11.9 Å². The highest BCUT2D eigenvalue weighted by Gasteiger charge is 2.11. The van der Waals surface area contributed by atoms with Crippen LogP contribution in [0.5, 0.6) is 5.75 Å². The summed E-state index contributed by atoms with van der Waals surface area (Å²) in [4.78, 5) is 16.8. The molecular weight excluding hydrogens is 432 g/mol. The molecule has 0 aliphatic rings. The number of aryl methyl sites for hydroxylation is 2. The summed E-state index contributed by atoms with van der Waals surface area (Å²) in [5, 5.41) is 2.84. The number of oxazole rings is 1. The zero-order chi connectivity index (χ0) is 20.4. The summed E-state index contributed by atoms with van der Waals surface area (Å²) in [5.74, 6) is 0.968. The third-order valence-electron chi connectivity index (χ3n) is 4.59. The molecular formula is C23H19BrN2O3. The van der Waals surface area contributed by atoms with Crippen molar-refractivity contribution in [3.63, 3.8) is 0 Å². The SMILES string of the molecule is Cc1ccc(OCC(=O)Nc2ccc3oc(-c4cccc(Br)c4)nc3c2)cc1C. The Morgan fingerprint density at radius 3 is 2.72 bits per heavy atom. The molecule has 29 heavy (non-hydrogen) atoms. The molecule has 0 unspecified atom stereocenters. The molecule has 1 amide bonds. The molecule has 3 aromatic carbocycles. The molecule has 0 atom stereocenters. The van der Waals surface area contributed by atoms with Gasteiger partial charge < -0.3 is 14.5 Å². The summed E-state index contributed by atoms with van der Waals surface area (Å²) in [5.41, 5.74) is 5.16. The van der Waals surface area contributed by atoms with E-state index in [1.165, 1.54) is 5.56 Å². The zero-order valence-electron chi connectivity index (χ0n) is 16.0. The molecule has 1 N–H and O–H groups in total. The molecule has 0 fully saturated rings. The maximum Gasteiger partial charge on any atom is 0.262 e. The van der Waals surface area contributed by atoms with Gasteiger partial charge in [0.25, 0.3) is 5.91 Å². The Bertz CT molecular complexity index is 1200. The Balaban J connectivity index is 1.45. The maximum atomic E-state index is 12.3. The van der Waals surface area contributed by atoms with Gasteiger partial charge in [-0.15, -0.1) is 0 Å². The highest BCUT2D eigenvalue weighted by Crippen LogP contribution is 2.27. The van der Waals surface area contributed by atoms with E-state index in [1.54, 1.807) is 18.2 Å². The van der Waals surface area contributed by atoms with Crippen LogP contribution >= 0.6 is 15.9 Å². The van der Waals surface area contributed by atoms with Crippen LogP contribution in [0.4, 0.5) is 5.69 Å². The number of nitrogens with zero attached hydrogens (tertiary/aromatic N) is 1. The Hall–Kier alpha value is -3.12. The van der Waals surface area contributed by atoms with Crippen LogP contribution in [0.3, 0.4) is 0 Å². The second-order valence-corrected chi connectivity index (χ2v) is 7.71. The van der Waals surface area contributed by atoms with Gasteiger partial charge in [0.2, 0.25) is 5.89 Å².